The van der Waals surface area contributed by atoms with Crippen LogP contribution in [0.3, 0.4) is 0 Å². The first kappa shape index (κ1) is 8.72. The van der Waals surface area contributed by atoms with E-state index in [4.69, 9.17) is 16.0 Å². The van der Waals surface area contributed by atoms with E-state index < -0.39 is 0 Å². The van der Waals surface area contributed by atoms with Gasteiger partial charge in [-0.25, -0.2) is 9.97 Å². The Morgan fingerprint density at radius 3 is 2.69 bits per heavy atom. The maximum absolute atomic E-state index is 5.83. The summed E-state index contributed by atoms with van der Waals surface area (Å²) in [5.41, 5.74) is 0.543. The molecule has 66 valence electrons. The minimum Gasteiger partial charge on any atom is -0.461 e. The quantitative estimate of drug-likeness (QED) is 0.790. The van der Waals surface area contributed by atoms with E-state index in [-0.39, 0.29) is 0 Å². The summed E-state index contributed by atoms with van der Waals surface area (Å²) < 4.78 is 6.01. The summed E-state index contributed by atoms with van der Waals surface area (Å²) in [6, 6.07) is 1.78. The fourth-order valence-electron chi connectivity index (χ4n) is 0.936. The van der Waals surface area contributed by atoms with E-state index in [9.17, 15) is 0 Å². The predicted octanol–water partition coefficient (Wildman–Crippen LogP) is 3.15. The van der Waals surface area contributed by atoms with Gasteiger partial charge in [-0.1, -0.05) is 11.6 Å². The number of nitrogens with zero attached hydrogens (tertiary/aromatic N) is 2. The molecule has 0 saturated carbocycles. The van der Waals surface area contributed by atoms with Crippen LogP contribution in [0.2, 0.25) is 5.15 Å². The van der Waals surface area contributed by atoms with Gasteiger partial charge in [-0.05, 0) is 22.0 Å². The van der Waals surface area contributed by atoms with Crippen molar-refractivity contribution in [3.05, 3.63) is 34.3 Å². The molecule has 0 amide bonds. The third kappa shape index (κ3) is 1.59. The summed E-state index contributed by atoms with van der Waals surface area (Å²) in [6.07, 6.45) is 4.66. The summed E-state index contributed by atoms with van der Waals surface area (Å²) in [7, 11) is 0. The Labute approximate surface area is 87.9 Å². The monoisotopic (exact) mass is 258 g/mol. The van der Waals surface area contributed by atoms with Crippen LogP contribution in [-0.2, 0) is 0 Å². The van der Waals surface area contributed by atoms with E-state index in [0.29, 0.717) is 16.6 Å². The van der Waals surface area contributed by atoms with Crippen LogP contribution in [0.25, 0.3) is 11.5 Å². The molecule has 0 fully saturated rings. The molecule has 2 aromatic rings. The minimum atomic E-state index is 0.332. The third-order valence-electron chi connectivity index (χ3n) is 1.49. The molecule has 0 bridgehead atoms. The molecule has 0 aliphatic heterocycles. The van der Waals surface area contributed by atoms with Crippen molar-refractivity contribution in [2.24, 2.45) is 0 Å². The second-order valence-electron chi connectivity index (χ2n) is 2.29. The van der Waals surface area contributed by atoms with Crippen LogP contribution < -0.4 is 0 Å². The fraction of sp³-hybridized carbons (Fsp3) is 0. The smallest absolute Gasteiger partial charge is 0.169 e. The molecular weight excluding hydrogens is 255 g/mol. The zero-order chi connectivity index (χ0) is 9.26. The molecule has 0 aliphatic rings. The number of hydrogen-bond acceptors (Lipinski definition) is 3. The Balaban J connectivity index is 2.59. The van der Waals surface area contributed by atoms with Gasteiger partial charge in [0.2, 0.25) is 0 Å². The van der Waals surface area contributed by atoms with Crippen LogP contribution in [0.4, 0.5) is 0 Å². The average Bonchev–Trinajstić information content (AvgIpc) is 2.52. The first-order valence-corrected chi connectivity index (χ1v) is 4.66. The van der Waals surface area contributed by atoms with Crippen LogP contribution >= 0.6 is 27.5 Å². The van der Waals surface area contributed by atoms with Crippen molar-refractivity contribution >= 4 is 27.5 Å². The van der Waals surface area contributed by atoms with Crippen molar-refractivity contribution < 1.29 is 4.42 Å². The van der Waals surface area contributed by atoms with Gasteiger partial charge in [-0.2, -0.15) is 0 Å². The molecule has 0 aliphatic carbocycles. The molecule has 3 nitrogen and oxygen atoms in total. The molecule has 5 heteroatoms. The highest BCUT2D eigenvalue weighted by molar-refractivity contribution is 9.10. The van der Waals surface area contributed by atoms with Gasteiger partial charge < -0.3 is 4.42 Å². The first-order valence-electron chi connectivity index (χ1n) is 3.49. The lowest BCUT2D eigenvalue weighted by Gasteiger charge is -1.97. The van der Waals surface area contributed by atoms with E-state index >= 15 is 0 Å². The average molecular weight is 259 g/mol. The topological polar surface area (TPSA) is 38.9 Å². The fourth-order valence-corrected chi connectivity index (χ4v) is 1.52. The van der Waals surface area contributed by atoms with Crippen molar-refractivity contribution in [1.29, 1.82) is 0 Å². The Hall–Kier alpha value is -0.870. The molecule has 0 aromatic carbocycles. The second-order valence-corrected chi connectivity index (χ2v) is 3.51. The van der Waals surface area contributed by atoms with Crippen molar-refractivity contribution in [3.63, 3.8) is 0 Å². The van der Waals surface area contributed by atoms with E-state index in [1.54, 1.807) is 18.5 Å². The molecule has 0 spiro atoms. The summed E-state index contributed by atoms with van der Waals surface area (Å²) in [5, 5.41) is 0.332. The van der Waals surface area contributed by atoms with Gasteiger partial charge in [-0.15, -0.1) is 0 Å². The van der Waals surface area contributed by atoms with Crippen molar-refractivity contribution in [3.8, 4) is 11.5 Å². The molecule has 0 radical (unpaired) electrons. The Kier molecular flexibility index (Phi) is 2.33. The second kappa shape index (κ2) is 3.47. The van der Waals surface area contributed by atoms with E-state index in [2.05, 4.69) is 25.9 Å². The lowest BCUT2D eigenvalue weighted by Crippen LogP contribution is -1.85. The molecule has 0 atom stereocenters. The lowest BCUT2D eigenvalue weighted by atomic mass is 10.3. The van der Waals surface area contributed by atoms with Gasteiger partial charge >= 0.3 is 0 Å². The molecule has 2 heterocycles. The van der Waals surface area contributed by atoms with Gasteiger partial charge in [0.15, 0.2) is 10.9 Å². The number of hydrogen-bond donors (Lipinski definition) is 0. The van der Waals surface area contributed by atoms with Crippen LogP contribution in [0.1, 0.15) is 0 Å². The maximum atomic E-state index is 5.83. The molecule has 0 saturated heterocycles. The normalized spacial score (nSPS) is 10.3. The molecule has 0 unspecified atom stereocenters. The van der Waals surface area contributed by atoms with E-state index in [0.717, 1.165) is 4.47 Å². The van der Waals surface area contributed by atoms with Gasteiger partial charge in [0.1, 0.15) is 5.69 Å². The summed E-state index contributed by atoms with van der Waals surface area (Å²) in [4.78, 5) is 7.96. The highest BCUT2D eigenvalue weighted by Crippen LogP contribution is 2.30. The van der Waals surface area contributed by atoms with Crippen molar-refractivity contribution in [2.75, 3.05) is 0 Å². The Morgan fingerprint density at radius 2 is 2.08 bits per heavy atom. The molecular formula is C8H4BrClN2O. The Bertz CT molecular complexity index is 430. The van der Waals surface area contributed by atoms with Gasteiger partial charge in [-0.3, -0.25) is 0 Å². The van der Waals surface area contributed by atoms with Crippen molar-refractivity contribution in [1.82, 2.24) is 9.97 Å². The summed E-state index contributed by atoms with van der Waals surface area (Å²) in [6.45, 7) is 0. The molecule has 2 rings (SSSR count). The predicted molar refractivity (Wildman–Crippen MR) is 52.4 cm³/mol. The van der Waals surface area contributed by atoms with Gasteiger partial charge in [0.25, 0.3) is 0 Å². The molecule has 0 N–H and O–H groups in total. The number of halogens is 2. The Morgan fingerprint density at radius 1 is 1.31 bits per heavy atom. The summed E-state index contributed by atoms with van der Waals surface area (Å²) in [5.74, 6) is 0.595. The first-order chi connectivity index (χ1) is 6.29. The maximum Gasteiger partial charge on any atom is 0.169 e. The van der Waals surface area contributed by atoms with Gasteiger partial charge in [0, 0.05) is 12.4 Å². The number of rotatable bonds is 1. The zero-order valence-corrected chi connectivity index (χ0v) is 8.71. The summed E-state index contributed by atoms with van der Waals surface area (Å²) >= 11 is 9.15. The SMILES string of the molecule is Clc1nccnc1-c1occc1Br. The minimum absolute atomic E-state index is 0.332. The highest BCUT2D eigenvalue weighted by atomic mass is 79.9. The van der Waals surface area contributed by atoms with Crippen LogP contribution in [0.5, 0.6) is 0 Å². The van der Waals surface area contributed by atoms with Crippen LogP contribution in [0, 0.1) is 0 Å². The largest absolute Gasteiger partial charge is 0.461 e. The molecule has 2 aromatic heterocycles. The standard InChI is InChI=1S/C8H4BrClN2O/c9-5-1-4-13-7(5)6-8(10)12-3-2-11-6/h1-4H. The van der Waals surface area contributed by atoms with Crippen LogP contribution in [-0.4, -0.2) is 9.97 Å². The molecule has 13 heavy (non-hydrogen) atoms. The zero-order valence-electron chi connectivity index (χ0n) is 6.37. The van der Waals surface area contributed by atoms with E-state index in [1.807, 2.05) is 0 Å². The highest BCUT2D eigenvalue weighted by Gasteiger charge is 2.12. The number of aromatic nitrogens is 2. The lowest BCUT2D eigenvalue weighted by molar-refractivity contribution is 0.578. The van der Waals surface area contributed by atoms with Crippen molar-refractivity contribution in [2.45, 2.75) is 0 Å². The van der Waals surface area contributed by atoms with Gasteiger partial charge in [0.05, 0.1) is 10.7 Å². The third-order valence-corrected chi connectivity index (χ3v) is 2.39. The number of furan rings is 1. The van der Waals surface area contributed by atoms with Crippen LogP contribution in [0.15, 0.2) is 33.6 Å². The van der Waals surface area contributed by atoms with E-state index in [1.165, 1.54) is 6.20 Å².